The second-order valence-electron chi connectivity index (χ2n) is 7.14. The molecule has 0 spiro atoms. The van der Waals surface area contributed by atoms with Gasteiger partial charge in [-0.05, 0) is 32.6 Å². The molecule has 0 N–H and O–H groups in total. The number of carbonyl (C=O) groups is 2. The first kappa shape index (κ1) is 14.7. The van der Waals surface area contributed by atoms with E-state index >= 15 is 0 Å². The standard InChI is InChI=1S/C17H24N4O2/c1-12-18-6-8-20(12)15-3-2-7-19(11-15)17(23)13-9-16(22)21(10-13)14-4-5-14/h6,8,13-15H,2-5,7,9-11H2,1H3/t13-,15+/m1/s1. The molecule has 2 atom stereocenters. The van der Waals surface area contributed by atoms with Gasteiger partial charge in [0, 0.05) is 44.5 Å². The van der Waals surface area contributed by atoms with Gasteiger partial charge in [-0.25, -0.2) is 4.98 Å². The van der Waals surface area contributed by atoms with E-state index in [9.17, 15) is 9.59 Å². The van der Waals surface area contributed by atoms with Crippen molar-refractivity contribution in [2.45, 2.75) is 51.1 Å². The molecule has 0 aromatic carbocycles. The molecule has 1 aromatic heterocycles. The fraction of sp³-hybridized carbons (Fsp3) is 0.706. The molecular weight excluding hydrogens is 292 g/mol. The second kappa shape index (κ2) is 5.65. The molecule has 0 bridgehead atoms. The second-order valence-corrected chi connectivity index (χ2v) is 7.14. The lowest BCUT2D eigenvalue weighted by atomic mass is 10.0. The molecule has 0 radical (unpaired) electrons. The molecule has 3 fully saturated rings. The number of hydrogen-bond acceptors (Lipinski definition) is 3. The number of carbonyl (C=O) groups excluding carboxylic acids is 2. The largest absolute Gasteiger partial charge is 0.340 e. The van der Waals surface area contributed by atoms with Crippen molar-refractivity contribution in [3.63, 3.8) is 0 Å². The Labute approximate surface area is 136 Å². The highest BCUT2D eigenvalue weighted by molar-refractivity contribution is 5.89. The highest BCUT2D eigenvalue weighted by Crippen LogP contribution is 2.34. The molecule has 124 valence electrons. The van der Waals surface area contributed by atoms with Gasteiger partial charge in [-0.1, -0.05) is 0 Å². The highest BCUT2D eigenvalue weighted by Gasteiger charge is 2.43. The Morgan fingerprint density at radius 3 is 2.74 bits per heavy atom. The minimum Gasteiger partial charge on any atom is -0.340 e. The Balaban J connectivity index is 1.42. The van der Waals surface area contributed by atoms with Crippen LogP contribution in [0, 0.1) is 12.8 Å². The van der Waals surface area contributed by atoms with E-state index in [0.29, 0.717) is 25.0 Å². The van der Waals surface area contributed by atoms with Gasteiger partial charge in [-0.3, -0.25) is 9.59 Å². The smallest absolute Gasteiger partial charge is 0.228 e. The van der Waals surface area contributed by atoms with E-state index in [2.05, 4.69) is 9.55 Å². The van der Waals surface area contributed by atoms with Crippen LogP contribution in [0.4, 0.5) is 0 Å². The molecule has 2 aliphatic heterocycles. The van der Waals surface area contributed by atoms with E-state index in [4.69, 9.17) is 0 Å². The Morgan fingerprint density at radius 2 is 2.04 bits per heavy atom. The topological polar surface area (TPSA) is 58.4 Å². The molecule has 0 unspecified atom stereocenters. The van der Waals surface area contributed by atoms with Crippen LogP contribution in [0.25, 0.3) is 0 Å². The molecule has 3 aliphatic rings. The Hall–Kier alpha value is -1.85. The Bertz CT molecular complexity index is 622. The average Bonchev–Trinajstić information content (AvgIpc) is 3.19. The van der Waals surface area contributed by atoms with Crippen molar-refractivity contribution >= 4 is 11.8 Å². The lowest BCUT2D eigenvalue weighted by molar-refractivity contribution is -0.137. The van der Waals surface area contributed by atoms with Gasteiger partial charge in [-0.15, -0.1) is 0 Å². The molecule has 2 saturated heterocycles. The zero-order valence-electron chi connectivity index (χ0n) is 13.6. The van der Waals surface area contributed by atoms with Gasteiger partial charge in [-0.2, -0.15) is 0 Å². The maximum atomic E-state index is 12.9. The van der Waals surface area contributed by atoms with Crippen LogP contribution in [0.3, 0.4) is 0 Å². The summed E-state index contributed by atoms with van der Waals surface area (Å²) >= 11 is 0. The van der Waals surface area contributed by atoms with Crippen molar-refractivity contribution in [2.75, 3.05) is 19.6 Å². The first-order chi connectivity index (χ1) is 11.1. The molecule has 1 saturated carbocycles. The monoisotopic (exact) mass is 316 g/mol. The maximum Gasteiger partial charge on any atom is 0.228 e. The third-order valence-electron chi connectivity index (χ3n) is 5.46. The number of nitrogens with zero attached hydrogens (tertiary/aromatic N) is 4. The van der Waals surface area contributed by atoms with Crippen LogP contribution in [0.2, 0.25) is 0 Å². The number of likely N-dealkylation sites (tertiary alicyclic amines) is 2. The highest BCUT2D eigenvalue weighted by atomic mass is 16.2. The average molecular weight is 316 g/mol. The summed E-state index contributed by atoms with van der Waals surface area (Å²) in [5.74, 6) is 1.21. The number of aromatic nitrogens is 2. The molecule has 1 aliphatic carbocycles. The van der Waals surface area contributed by atoms with Gasteiger partial charge in [0.1, 0.15) is 5.82 Å². The molecule has 4 rings (SSSR count). The van der Waals surface area contributed by atoms with Gasteiger partial charge < -0.3 is 14.4 Å². The molecule has 3 heterocycles. The van der Waals surface area contributed by atoms with Crippen molar-refractivity contribution in [1.29, 1.82) is 0 Å². The summed E-state index contributed by atoms with van der Waals surface area (Å²) in [4.78, 5) is 33.2. The van der Waals surface area contributed by atoms with Crippen molar-refractivity contribution in [3.8, 4) is 0 Å². The molecule has 2 amide bonds. The van der Waals surface area contributed by atoms with Crippen LogP contribution in [0.1, 0.15) is 44.0 Å². The van der Waals surface area contributed by atoms with E-state index in [1.807, 2.05) is 29.1 Å². The van der Waals surface area contributed by atoms with Gasteiger partial charge in [0.25, 0.3) is 0 Å². The minimum atomic E-state index is -0.134. The fourth-order valence-corrected chi connectivity index (χ4v) is 4.05. The normalized spacial score (nSPS) is 28.5. The van der Waals surface area contributed by atoms with E-state index in [-0.39, 0.29) is 17.7 Å². The first-order valence-corrected chi connectivity index (χ1v) is 8.71. The van der Waals surface area contributed by atoms with Crippen molar-refractivity contribution in [3.05, 3.63) is 18.2 Å². The predicted octanol–water partition coefficient (Wildman–Crippen LogP) is 1.37. The van der Waals surface area contributed by atoms with Gasteiger partial charge in [0.05, 0.1) is 12.0 Å². The van der Waals surface area contributed by atoms with Crippen LogP contribution in [-0.2, 0) is 9.59 Å². The summed E-state index contributed by atoms with van der Waals surface area (Å²) < 4.78 is 2.18. The van der Waals surface area contributed by atoms with Crippen molar-refractivity contribution in [1.82, 2.24) is 19.4 Å². The number of rotatable bonds is 3. The number of piperidine rings is 1. The number of hydrogen-bond donors (Lipinski definition) is 0. The summed E-state index contributed by atoms with van der Waals surface area (Å²) in [7, 11) is 0. The summed E-state index contributed by atoms with van der Waals surface area (Å²) in [6.45, 7) is 4.19. The summed E-state index contributed by atoms with van der Waals surface area (Å²) in [5, 5.41) is 0. The quantitative estimate of drug-likeness (QED) is 0.846. The minimum absolute atomic E-state index is 0.134. The lowest BCUT2D eigenvalue weighted by Gasteiger charge is -2.35. The zero-order chi connectivity index (χ0) is 16.0. The zero-order valence-corrected chi connectivity index (χ0v) is 13.6. The predicted molar refractivity (Wildman–Crippen MR) is 84.7 cm³/mol. The summed E-state index contributed by atoms with van der Waals surface area (Å²) in [6, 6.07) is 0.731. The van der Waals surface area contributed by atoms with Gasteiger partial charge in [0.2, 0.25) is 11.8 Å². The van der Waals surface area contributed by atoms with Crippen LogP contribution >= 0.6 is 0 Å². The van der Waals surface area contributed by atoms with Gasteiger partial charge >= 0.3 is 0 Å². The van der Waals surface area contributed by atoms with Crippen molar-refractivity contribution in [2.24, 2.45) is 5.92 Å². The third kappa shape index (κ3) is 2.75. The molecule has 23 heavy (non-hydrogen) atoms. The number of aryl methyl sites for hydroxylation is 1. The van der Waals surface area contributed by atoms with Crippen LogP contribution in [0.15, 0.2) is 12.4 Å². The number of imidazole rings is 1. The summed E-state index contributed by atoms with van der Waals surface area (Å²) in [6.07, 6.45) is 8.54. The van der Waals surface area contributed by atoms with Gasteiger partial charge in [0.15, 0.2) is 0 Å². The van der Waals surface area contributed by atoms with Crippen molar-refractivity contribution < 1.29 is 9.59 Å². The molecule has 1 aromatic rings. The van der Waals surface area contributed by atoms with E-state index in [1.54, 1.807) is 0 Å². The molecule has 6 heteroatoms. The van der Waals surface area contributed by atoms with E-state index < -0.39 is 0 Å². The van der Waals surface area contributed by atoms with E-state index in [1.165, 1.54) is 0 Å². The first-order valence-electron chi connectivity index (χ1n) is 8.71. The van der Waals surface area contributed by atoms with E-state index in [0.717, 1.165) is 44.6 Å². The lowest BCUT2D eigenvalue weighted by Crippen LogP contribution is -2.44. The molecule has 6 nitrogen and oxygen atoms in total. The molecular formula is C17H24N4O2. The number of amides is 2. The SMILES string of the molecule is Cc1nccn1[C@H]1CCCN(C(=O)[C@@H]2CC(=O)N(C3CC3)C2)C1. The van der Waals surface area contributed by atoms with Crippen LogP contribution in [-0.4, -0.2) is 56.8 Å². The maximum absolute atomic E-state index is 12.9. The van der Waals surface area contributed by atoms with Crippen LogP contribution in [0.5, 0.6) is 0 Å². The summed E-state index contributed by atoms with van der Waals surface area (Å²) in [5.41, 5.74) is 0. The third-order valence-corrected chi connectivity index (χ3v) is 5.46. The fourth-order valence-electron chi connectivity index (χ4n) is 4.05. The Kier molecular flexibility index (Phi) is 3.62. The Morgan fingerprint density at radius 1 is 1.22 bits per heavy atom. The van der Waals surface area contributed by atoms with Crippen LogP contribution < -0.4 is 0 Å².